The fourth-order valence-electron chi connectivity index (χ4n) is 2.62. The van der Waals surface area contributed by atoms with Gasteiger partial charge < -0.3 is 5.43 Å². The summed E-state index contributed by atoms with van der Waals surface area (Å²) < 4.78 is 0. The average Bonchev–Trinajstić information content (AvgIpc) is 2.89. The molecule has 1 aromatic heterocycles. The highest BCUT2D eigenvalue weighted by molar-refractivity contribution is 5.35. The molecule has 19 heavy (non-hydrogen) atoms. The topological polar surface area (TPSA) is 63.8 Å². The quantitative estimate of drug-likeness (QED) is 0.645. The molecule has 0 spiro atoms. The van der Waals surface area contributed by atoms with Gasteiger partial charge in [0.05, 0.1) is 0 Å². The molecule has 0 radical (unpaired) electrons. The van der Waals surface area contributed by atoms with Crippen LogP contribution >= 0.6 is 0 Å². The lowest BCUT2D eigenvalue weighted by Crippen LogP contribution is -2.14. The maximum atomic E-state index is 5.53. The summed E-state index contributed by atoms with van der Waals surface area (Å²) in [6.07, 6.45) is 7.14. The number of aromatic nitrogens is 2. The molecule has 0 amide bonds. The number of nitrogens with zero attached hydrogens (tertiary/aromatic N) is 2. The Morgan fingerprint density at radius 2 is 1.95 bits per heavy atom. The third-order valence-corrected chi connectivity index (χ3v) is 3.81. The lowest BCUT2D eigenvalue weighted by atomic mass is 9.90. The van der Waals surface area contributed by atoms with Gasteiger partial charge in [0.25, 0.3) is 0 Å². The summed E-state index contributed by atoms with van der Waals surface area (Å²) in [5.74, 6) is 7.80. The highest BCUT2D eigenvalue weighted by Crippen LogP contribution is 2.33. The van der Waals surface area contributed by atoms with E-state index in [2.05, 4.69) is 31.2 Å². The minimum Gasteiger partial charge on any atom is -0.308 e. The van der Waals surface area contributed by atoms with Crippen molar-refractivity contribution in [2.24, 2.45) is 11.3 Å². The van der Waals surface area contributed by atoms with Crippen LogP contribution in [0.4, 0.5) is 5.82 Å². The van der Waals surface area contributed by atoms with Crippen molar-refractivity contribution in [3.63, 3.8) is 0 Å². The van der Waals surface area contributed by atoms with Crippen LogP contribution in [0.2, 0.25) is 0 Å². The summed E-state index contributed by atoms with van der Waals surface area (Å²) in [7, 11) is 0. The first-order valence-electron chi connectivity index (χ1n) is 7.32. The number of rotatable bonds is 4. The smallest absolute Gasteiger partial charge is 0.143 e. The second-order valence-corrected chi connectivity index (χ2v) is 6.78. The SMILES string of the molecule is CC(C)(C)CCc1nc(NN)cc(C2CCCC2)n1. The fourth-order valence-corrected chi connectivity index (χ4v) is 2.62. The molecule has 0 unspecified atom stereocenters. The molecule has 0 saturated heterocycles. The van der Waals surface area contributed by atoms with Crippen molar-refractivity contribution in [3.05, 3.63) is 17.6 Å². The molecule has 0 bridgehead atoms. The number of nitrogens with two attached hydrogens (primary N) is 1. The lowest BCUT2D eigenvalue weighted by molar-refractivity contribution is 0.374. The van der Waals surface area contributed by atoms with Crippen LogP contribution in [0.5, 0.6) is 0 Å². The highest BCUT2D eigenvalue weighted by Gasteiger charge is 2.20. The van der Waals surface area contributed by atoms with Crippen LogP contribution in [-0.2, 0) is 6.42 Å². The average molecular weight is 262 g/mol. The molecule has 0 aliphatic heterocycles. The van der Waals surface area contributed by atoms with Crippen molar-refractivity contribution in [3.8, 4) is 0 Å². The zero-order valence-electron chi connectivity index (χ0n) is 12.4. The molecule has 2 rings (SSSR count). The molecule has 1 saturated carbocycles. The number of nitrogen functional groups attached to an aromatic ring is 1. The van der Waals surface area contributed by atoms with Crippen LogP contribution in [-0.4, -0.2) is 9.97 Å². The normalized spacial score (nSPS) is 16.8. The number of hydrazine groups is 1. The molecule has 1 fully saturated rings. The Hall–Kier alpha value is -1.16. The van der Waals surface area contributed by atoms with Crippen molar-refractivity contribution in [1.29, 1.82) is 0 Å². The van der Waals surface area contributed by atoms with Gasteiger partial charge in [-0.1, -0.05) is 33.6 Å². The van der Waals surface area contributed by atoms with E-state index >= 15 is 0 Å². The van der Waals surface area contributed by atoms with Gasteiger partial charge in [-0.25, -0.2) is 15.8 Å². The summed E-state index contributed by atoms with van der Waals surface area (Å²) >= 11 is 0. The minimum absolute atomic E-state index is 0.309. The van der Waals surface area contributed by atoms with Crippen molar-refractivity contribution in [2.45, 2.75) is 65.2 Å². The first-order valence-corrected chi connectivity index (χ1v) is 7.32. The zero-order chi connectivity index (χ0) is 13.9. The molecule has 1 aliphatic rings. The molecule has 4 nitrogen and oxygen atoms in total. The first kappa shape index (κ1) is 14.3. The number of nitrogens with one attached hydrogen (secondary N) is 1. The maximum Gasteiger partial charge on any atom is 0.143 e. The van der Waals surface area contributed by atoms with Crippen molar-refractivity contribution in [2.75, 3.05) is 5.43 Å². The summed E-state index contributed by atoms with van der Waals surface area (Å²) in [5.41, 5.74) is 4.16. The molecule has 0 aromatic carbocycles. The second kappa shape index (κ2) is 5.87. The Balaban J connectivity index is 2.15. The van der Waals surface area contributed by atoms with Gasteiger partial charge in [-0.05, 0) is 24.7 Å². The van der Waals surface area contributed by atoms with E-state index in [4.69, 9.17) is 10.8 Å². The largest absolute Gasteiger partial charge is 0.308 e. The third kappa shape index (κ3) is 4.16. The monoisotopic (exact) mass is 262 g/mol. The summed E-state index contributed by atoms with van der Waals surface area (Å²) in [4.78, 5) is 9.24. The Bertz CT molecular complexity index is 417. The molecule has 1 aliphatic carbocycles. The molecular formula is C15H26N4. The van der Waals surface area contributed by atoms with Gasteiger partial charge in [0, 0.05) is 24.1 Å². The Labute approximate surface area is 116 Å². The van der Waals surface area contributed by atoms with Crippen LogP contribution in [0.15, 0.2) is 6.07 Å². The maximum absolute atomic E-state index is 5.53. The van der Waals surface area contributed by atoms with E-state index in [1.165, 1.54) is 31.4 Å². The van der Waals surface area contributed by atoms with Crippen molar-refractivity contribution < 1.29 is 0 Å². The summed E-state index contributed by atoms with van der Waals surface area (Å²) in [5, 5.41) is 0. The van der Waals surface area contributed by atoms with E-state index in [1.54, 1.807) is 0 Å². The van der Waals surface area contributed by atoms with E-state index in [1.807, 2.05) is 6.07 Å². The standard InChI is InChI=1S/C15H26N4/c1-15(2,3)9-8-13-17-12(10-14(18-13)19-16)11-6-4-5-7-11/h10-11H,4-9,16H2,1-3H3,(H,17,18,19). The number of anilines is 1. The third-order valence-electron chi connectivity index (χ3n) is 3.81. The molecular weight excluding hydrogens is 236 g/mol. The zero-order valence-corrected chi connectivity index (χ0v) is 12.4. The van der Waals surface area contributed by atoms with Gasteiger partial charge in [-0.2, -0.15) is 0 Å². The van der Waals surface area contributed by atoms with Gasteiger partial charge in [0.15, 0.2) is 0 Å². The van der Waals surface area contributed by atoms with Crippen LogP contribution in [0.25, 0.3) is 0 Å². The minimum atomic E-state index is 0.309. The van der Waals surface area contributed by atoms with E-state index in [0.717, 1.165) is 24.5 Å². The molecule has 106 valence electrons. The Kier molecular flexibility index (Phi) is 4.40. The Morgan fingerprint density at radius 3 is 2.53 bits per heavy atom. The van der Waals surface area contributed by atoms with Crippen LogP contribution < -0.4 is 11.3 Å². The fraction of sp³-hybridized carbons (Fsp3) is 0.733. The van der Waals surface area contributed by atoms with E-state index in [0.29, 0.717) is 11.3 Å². The predicted octanol–water partition coefficient (Wildman–Crippen LogP) is 3.40. The van der Waals surface area contributed by atoms with E-state index in [9.17, 15) is 0 Å². The van der Waals surface area contributed by atoms with Gasteiger partial charge in [0.1, 0.15) is 11.6 Å². The molecule has 4 heteroatoms. The molecule has 3 N–H and O–H groups in total. The van der Waals surface area contributed by atoms with Gasteiger partial charge in [-0.15, -0.1) is 0 Å². The summed E-state index contributed by atoms with van der Waals surface area (Å²) in [6, 6.07) is 2.01. The van der Waals surface area contributed by atoms with Crippen LogP contribution in [0.3, 0.4) is 0 Å². The first-order chi connectivity index (χ1) is 8.98. The van der Waals surface area contributed by atoms with Crippen LogP contribution in [0, 0.1) is 5.41 Å². The van der Waals surface area contributed by atoms with Crippen LogP contribution in [0.1, 0.15) is 70.3 Å². The van der Waals surface area contributed by atoms with Gasteiger partial charge >= 0.3 is 0 Å². The van der Waals surface area contributed by atoms with Gasteiger partial charge in [0.2, 0.25) is 0 Å². The van der Waals surface area contributed by atoms with Crippen molar-refractivity contribution in [1.82, 2.24) is 9.97 Å². The molecule has 1 heterocycles. The summed E-state index contributed by atoms with van der Waals surface area (Å²) in [6.45, 7) is 6.74. The van der Waals surface area contributed by atoms with Gasteiger partial charge in [-0.3, -0.25) is 0 Å². The number of hydrogen-bond donors (Lipinski definition) is 2. The number of aryl methyl sites for hydroxylation is 1. The second-order valence-electron chi connectivity index (χ2n) is 6.78. The molecule has 1 aromatic rings. The Morgan fingerprint density at radius 1 is 1.26 bits per heavy atom. The van der Waals surface area contributed by atoms with E-state index < -0.39 is 0 Å². The lowest BCUT2D eigenvalue weighted by Gasteiger charge is -2.18. The number of hydrogen-bond acceptors (Lipinski definition) is 4. The van der Waals surface area contributed by atoms with E-state index in [-0.39, 0.29) is 0 Å². The predicted molar refractivity (Wildman–Crippen MR) is 78.8 cm³/mol. The molecule has 0 atom stereocenters. The van der Waals surface area contributed by atoms with Crippen molar-refractivity contribution >= 4 is 5.82 Å². The highest BCUT2D eigenvalue weighted by atomic mass is 15.3.